The fraction of sp³-hybridized carbons (Fsp3) is 0.182. The highest BCUT2D eigenvalue weighted by Gasteiger charge is 2.16. The molecule has 0 amide bonds. The number of hydrogen-bond donors (Lipinski definition) is 2. The zero-order chi connectivity index (χ0) is 13.3. The van der Waals surface area contributed by atoms with Gasteiger partial charge in [0, 0.05) is 10.9 Å². The zero-order valence-corrected chi connectivity index (χ0v) is 10.4. The number of aromatic nitrogens is 1. The molecule has 7 heteroatoms. The molecule has 0 aliphatic carbocycles. The molecule has 0 radical (unpaired) electrons. The number of aromatic amines is 1. The van der Waals surface area contributed by atoms with Gasteiger partial charge in [0.05, 0.1) is 23.1 Å². The van der Waals surface area contributed by atoms with Crippen LogP contribution in [0.2, 0.25) is 0 Å². The molecule has 0 atom stereocenters. The topological polar surface area (TPSA) is 102 Å². The van der Waals surface area contributed by atoms with Crippen LogP contribution in [0.15, 0.2) is 24.3 Å². The molecule has 0 saturated heterocycles. The molecule has 0 spiro atoms. The maximum absolute atomic E-state index is 11.5. The lowest BCUT2D eigenvalue weighted by atomic mass is 10.2. The van der Waals surface area contributed by atoms with Crippen molar-refractivity contribution >= 4 is 32.6 Å². The van der Waals surface area contributed by atoms with Gasteiger partial charge < -0.3 is 14.9 Å². The lowest BCUT2D eigenvalue weighted by Crippen LogP contribution is -2.25. The number of aromatic carboxylic acids is 1. The Morgan fingerprint density at radius 1 is 1.39 bits per heavy atom. The van der Waals surface area contributed by atoms with Gasteiger partial charge in [-0.15, -0.1) is 0 Å². The third-order valence-corrected chi connectivity index (χ3v) is 3.82. The summed E-state index contributed by atoms with van der Waals surface area (Å²) in [5.41, 5.74) is 0.283. The van der Waals surface area contributed by atoms with E-state index < -0.39 is 16.0 Å². The van der Waals surface area contributed by atoms with E-state index in [1.54, 1.807) is 24.3 Å². The molecule has 18 heavy (non-hydrogen) atoms. The van der Waals surface area contributed by atoms with E-state index in [0.717, 1.165) is 0 Å². The summed E-state index contributed by atoms with van der Waals surface area (Å²) in [6.45, 7) is 1.47. The Labute approximate surface area is 104 Å². The van der Waals surface area contributed by atoms with Crippen LogP contribution in [0.1, 0.15) is 17.4 Å². The van der Waals surface area contributed by atoms with E-state index in [0.29, 0.717) is 10.9 Å². The van der Waals surface area contributed by atoms with E-state index in [1.165, 1.54) is 6.92 Å². The van der Waals surface area contributed by atoms with E-state index >= 15 is 0 Å². The second-order valence-electron chi connectivity index (χ2n) is 3.71. The molecule has 1 aromatic heterocycles. The number of H-pyrrole nitrogens is 1. The van der Waals surface area contributed by atoms with E-state index in [9.17, 15) is 18.3 Å². The average Bonchev–Trinajstić information content (AvgIpc) is 2.68. The highest BCUT2D eigenvalue weighted by atomic mass is 32.2. The number of para-hydroxylation sites is 1. The van der Waals surface area contributed by atoms with Crippen molar-refractivity contribution < 1.29 is 18.3 Å². The van der Waals surface area contributed by atoms with Gasteiger partial charge in [-0.05, 0) is 13.0 Å². The van der Waals surface area contributed by atoms with Crippen molar-refractivity contribution in [3.63, 3.8) is 0 Å². The summed E-state index contributed by atoms with van der Waals surface area (Å²) in [6, 6.07) is 6.70. The fourth-order valence-corrected chi connectivity index (χ4v) is 2.30. The standard InChI is InChI=1S/C11H12N2O4S/c1-2-18(16,17)13-9-7-5-3-4-6-8(7)12-10(9)11(14)15/h3-6,12-13H,2H2,1H3,(H,14,15)/p-1. The molecule has 6 nitrogen and oxygen atoms in total. The number of hydrogen-bond acceptors (Lipinski definition) is 4. The Hall–Kier alpha value is -2.02. The summed E-state index contributed by atoms with van der Waals surface area (Å²) < 4.78 is 25.4. The largest absolute Gasteiger partial charge is 0.543 e. The van der Waals surface area contributed by atoms with Crippen LogP contribution in [0, 0.1) is 0 Å². The Bertz CT molecular complexity index is 703. The Morgan fingerprint density at radius 3 is 2.67 bits per heavy atom. The van der Waals surface area contributed by atoms with E-state index in [-0.39, 0.29) is 17.1 Å². The van der Waals surface area contributed by atoms with Crippen molar-refractivity contribution in [1.29, 1.82) is 0 Å². The average molecular weight is 267 g/mol. The van der Waals surface area contributed by atoms with Crippen LogP contribution in [-0.4, -0.2) is 25.1 Å². The number of rotatable bonds is 4. The quantitative estimate of drug-likeness (QED) is 0.831. The third kappa shape index (κ3) is 2.17. The van der Waals surface area contributed by atoms with Crippen molar-refractivity contribution in [2.45, 2.75) is 6.92 Å². The minimum absolute atomic E-state index is 0.0208. The maximum atomic E-state index is 11.5. The maximum Gasteiger partial charge on any atom is 0.232 e. The predicted octanol–water partition coefficient (Wildman–Crippen LogP) is 0.293. The SMILES string of the molecule is CCS(=O)(=O)Nc1c(C(=O)[O-])[nH]c2ccccc12. The first-order chi connectivity index (χ1) is 8.44. The number of carbonyl (C=O) groups excluding carboxylic acids is 1. The number of benzene rings is 1. The zero-order valence-electron chi connectivity index (χ0n) is 9.56. The van der Waals surface area contributed by atoms with E-state index in [4.69, 9.17) is 0 Å². The molecule has 0 aliphatic heterocycles. The minimum atomic E-state index is -3.55. The predicted molar refractivity (Wildman–Crippen MR) is 65.7 cm³/mol. The number of carbonyl (C=O) groups is 1. The normalized spacial score (nSPS) is 11.6. The second kappa shape index (κ2) is 4.34. The van der Waals surface area contributed by atoms with E-state index in [1.807, 2.05) is 0 Å². The first-order valence-corrected chi connectivity index (χ1v) is 6.92. The van der Waals surface area contributed by atoms with Gasteiger partial charge in [0.25, 0.3) is 0 Å². The Kier molecular flexibility index (Phi) is 3.00. The second-order valence-corrected chi connectivity index (χ2v) is 5.72. The Balaban J connectivity index is 2.66. The van der Waals surface area contributed by atoms with Gasteiger partial charge in [0.1, 0.15) is 0 Å². The van der Waals surface area contributed by atoms with Crippen molar-refractivity contribution in [3.8, 4) is 0 Å². The van der Waals surface area contributed by atoms with Crippen molar-refractivity contribution in [2.75, 3.05) is 10.5 Å². The molecule has 2 N–H and O–H groups in total. The summed E-state index contributed by atoms with van der Waals surface area (Å²) in [5.74, 6) is -1.60. The molecule has 0 fully saturated rings. The number of fused-ring (bicyclic) bond motifs is 1. The van der Waals surface area contributed by atoms with E-state index in [2.05, 4.69) is 9.71 Å². The van der Waals surface area contributed by atoms with Crippen molar-refractivity contribution in [2.24, 2.45) is 0 Å². The van der Waals surface area contributed by atoms with Gasteiger partial charge in [-0.3, -0.25) is 4.72 Å². The van der Waals surface area contributed by atoms with Crippen molar-refractivity contribution in [3.05, 3.63) is 30.0 Å². The van der Waals surface area contributed by atoms with Gasteiger partial charge in [-0.1, -0.05) is 18.2 Å². The molecular formula is C11H11N2O4S-. The lowest BCUT2D eigenvalue weighted by molar-refractivity contribution is -0.255. The number of anilines is 1. The van der Waals surface area contributed by atoms with Gasteiger partial charge in [-0.2, -0.15) is 0 Å². The van der Waals surface area contributed by atoms with Crippen LogP contribution in [0.3, 0.4) is 0 Å². The number of carboxylic acid groups (broad SMARTS) is 1. The van der Waals surface area contributed by atoms with Crippen LogP contribution in [0.25, 0.3) is 10.9 Å². The summed E-state index contributed by atoms with van der Waals surface area (Å²) in [6.07, 6.45) is 0. The number of nitrogens with one attached hydrogen (secondary N) is 2. The third-order valence-electron chi connectivity index (χ3n) is 2.55. The minimum Gasteiger partial charge on any atom is -0.543 e. The molecule has 0 bridgehead atoms. The van der Waals surface area contributed by atoms with Gasteiger partial charge in [0.15, 0.2) is 0 Å². The molecule has 2 rings (SSSR count). The highest BCUT2D eigenvalue weighted by Crippen LogP contribution is 2.28. The van der Waals surface area contributed by atoms with Crippen LogP contribution in [-0.2, 0) is 10.0 Å². The summed E-state index contributed by atoms with van der Waals surface area (Å²) >= 11 is 0. The van der Waals surface area contributed by atoms with Crippen LogP contribution in [0.4, 0.5) is 5.69 Å². The monoisotopic (exact) mass is 267 g/mol. The molecule has 96 valence electrons. The van der Waals surface area contributed by atoms with Gasteiger partial charge >= 0.3 is 0 Å². The summed E-state index contributed by atoms with van der Waals surface area (Å²) in [5, 5.41) is 11.5. The molecular weight excluding hydrogens is 256 g/mol. The first-order valence-electron chi connectivity index (χ1n) is 5.27. The summed E-state index contributed by atoms with van der Waals surface area (Å²) in [7, 11) is -3.55. The van der Waals surface area contributed by atoms with Gasteiger partial charge in [0.2, 0.25) is 10.0 Å². The number of carboxylic acids is 1. The molecule has 1 heterocycles. The smallest absolute Gasteiger partial charge is 0.232 e. The van der Waals surface area contributed by atoms with Crippen LogP contribution in [0.5, 0.6) is 0 Å². The molecule has 0 unspecified atom stereocenters. The fourth-order valence-electron chi connectivity index (χ4n) is 1.63. The highest BCUT2D eigenvalue weighted by molar-refractivity contribution is 7.92. The Morgan fingerprint density at radius 2 is 2.06 bits per heavy atom. The first kappa shape index (κ1) is 12.4. The van der Waals surface area contributed by atoms with Gasteiger partial charge in [-0.25, -0.2) is 8.42 Å². The van der Waals surface area contributed by atoms with Crippen LogP contribution < -0.4 is 9.83 Å². The summed E-state index contributed by atoms with van der Waals surface area (Å²) in [4.78, 5) is 13.6. The van der Waals surface area contributed by atoms with Crippen LogP contribution >= 0.6 is 0 Å². The molecule has 1 aromatic carbocycles. The molecule has 0 aliphatic rings. The lowest BCUT2D eigenvalue weighted by Gasteiger charge is -2.08. The molecule has 0 saturated carbocycles. The van der Waals surface area contributed by atoms with Crippen molar-refractivity contribution in [1.82, 2.24) is 4.98 Å². The molecule has 2 aromatic rings. The number of sulfonamides is 1.